The van der Waals surface area contributed by atoms with Crippen molar-refractivity contribution in [3.8, 4) is 5.75 Å². The molecule has 3 heteroatoms. The van der Waals surface area contributed by atoms with Gasteiger partial charge in [-0.05, 0) is 35.9 Å². The van der Waals surface area contributed by atoms with E-state index in [1.165, 1.54) is 10.8 Å². The number of rotatable bonds is 3. The zero-order valence-corrected chi connectivity index (χ0v) is 12.8. The van der Waals surface area contributed by atoms with E-state index in [9.17, 15) is 0 Å². The summed E-state index contributed by atoms with van der Waals surface area (Å²) < 4.78 is 5.18. The minimum atomic E-state index is 0.859. The predicted octanol–water partition coefficient (Wildman–Crippen LogP) is 4.90. The Morgan fingerprint density at radius 3 is 2.57 bits per heavy atom. The van der Waals surface area contributed by atoms with Gasteiger partial charge in [0.15, 0.2) is 0 Å². The second-order valence-corrected chi connectivity index (χ2v) is 5.40. The van der Waals surface area contributed by atoms with Gasteiger partial charge in [-0.1, -0.05) is 36.4 Å². The first-order chi connectivity index (χ1) is 11.3. The fourth-order valence-corrected chi connectivity index (χ4v) is 2.81. The van der Waals surface area contributed by atoms with Gasteiger partial charge in [0.1, 0.15) is 5.75 Å². The molecule has 0 radical (unpaired) electrons. The van der Waals surface area contributed by atoms with Gasteiger partial charge in [-0.15, -0.1) is 0 Å². The van der Waals surface area contributed by atoms with E-state index in [1.807, 2.05) is 42.6 Å². The number of fused-ring (bicyclic) bond motifs is 3. The molecule has 0 aliphatic rings. The van der Waals surface area contributed by atoms with Crippen molar-refractivity contribution in [2.24, 2.45) is 0 Å². The molecule has 0 saturated heterocycles. The second kappa shape index (κ2) is 5.61. The van der Waals surface area contributed by atoms with Gasteiger partial charge in [-0.25, -0.2) is 0 Å². The van der Waals surface area contributed by atoms with Crippen LogP contribution in [0.1, 0.15) is 11.3 Å². The highest BCUT2D eigenvalue weighted by molar-refractivity contribution is 6.09. The van der Waals surface area contributed by atoms with Crippen LogP contribution in [0.25, 0.3) is 34.0 Å². The molecule has 4 aromatic rings. The zero-order chi connectivity index (χ0) is 15.6. The van der Waals surface area contributed by atoms with Crippen LogP contribution >= 0.6 is 0 Å². The second-order valence-electron chi connectivity index (χ2n) is 5.40. The summed E-state index contributed by atoms with van der Waals surface area (Å²) >= 11 is 0. The van der Waals surface area contributed by atoms with Crippen LogP contribution in [0.5, 0.6) is 5.75 Å². The lowest BCUT2D eigenvalue weighted by molar-refractivity contribution is 0.415. The first kappa shape index (κ1) is 13.6. The van der Waals surface area contributed by atoms with Crippen LogP contribution < -0.4 is 4.74 Å². The lowest BCUT2D eigenvalue weighted by Gasteiger charge is -1.99. The molecule has 23 heavy (non-hydrogen) atoms. The Morgan fingerprint density at radius 1 is 0.913 bits per heavy atom. The number of aromatic amines is 1. The summed E-state index contributed by atoms with van der Waals surface area (Å²) in [5.41, 5.74) is 4.25. The fourth-order valence-electron chi connectivity index (χ4n) is 2.81. The number of aromatic nitrogens is 2. The number of hydrogen-bond donors (Lipinski definition) is 1. The standard InChI is InChI=1S/C20H16N2O/c1-23-15-9-6-14(7-10-15)8-11-19-20-17(12-13-21-19)16-4-2-3-5-18(16)22-20/h2-13,22H,1H3. The maximum Gasteiger partial charge on any atom is 0.118 e. The van der Waals surface area contributed by atoms with Crippen LogP contribution in [0.2, 0.25) is 0 Å². The Morgan fingerprint density at radius 2 is 1.74 bits per heavy atom. The maximum absolute atomic E-state index is 5.18. The third-order valence-corrected chi connectivity index (χ3v) is 4.01. The Bertz CT molecular complexity index is 997. The molecule has 1 N–H and O–H groups in total. The van der Waals surface area contributed by atoms with Crippen molar-refractivity contribution < 1.29 is 4.74 Å². The van der Waals surface area contributed by atoms with Gasteiger partial charge in [0, 0.05) is 22.5 Å². The Kier molecular flexibility index (Phi) is 3.31. The van der Waals surface area contributed by atoms with Crippen LogP contribution in [-0.2, 0) is 0 Å². The van der Waals surface area contributed by atoms with Gasteiger partial charge in [0.2, 0.25) is 0 Å². The van der Waals surface area contributed by atoms with E-state index in [0.29, 0.717) is 0 Å². The predicted molar refractivity (Wildman–Crippen MR) is 95.5 cm³/mol. The third kappa shape index (κ3) is 2.46. The number of nitrogens with zero attached hydrogens (tertiary/aromatic N) is 1. The summed E-state index contributed by atoms with van der Waals surface area (Å²) in [5, 5.41) is 2.42. The van der Waals surface area contributed by atoms with E-state index in [0.717, 1.165) is 28.0 Å². The average Bonchev–Trinajstić information content (AvgIpc) is 3.00. The normalized spacial score (nSPS) is 11.5. The van der Waals surface area contributed by atoms with Crippen LogP contribution in [0, 0.1) is 0 Å². The SMILES string of the molecule is COc1ccc(C=Cc2nccc3c2[nH]c2ccccc23)cc1. The molecule has 2 aromatic carbocycles. The number of ether oxygens (including phenoxy) is 1. The number of pyridine rings is 1. The lowest BCUT2D eigenvalue weighted by Crippen LogP contribution is -1.83. The lowest BCUT2D eigenvalue weighted by atomic mass is 10.1. The summed E-state index contributed by atoms with van der Waals surface area (Å²) in [5.74, 6) is 0.859. The van der Waals surface area contributed by atoms with Crippen LogP contribution in [0.15, 0.2) is 60.8 Å². The van der Waals surface area contributed by atoms with Gasteiger partial charge < -0.3 is 9.72 Å². The molecule has 0 unspecified atom stereocenters. The molecule has 0 bridgehead atoms. The number of methoxy groups -OCH3 is 1. The molecule has 2 heterocycles. The molecule has 4 rings (SSSR count). The Hall–Kier alpha value is -3.07. The van der Waals surface area contributed by atoms with Gasteiger partial charge in [-0.3, -0.25) is 4.98 Å². The van der Waals surface area contributed by atoms with Crippen LogP contribution in [-0.4, -0.2) is 17.1 Å². The highest BCUT2D eigenvalue weighted by Crippen LogP contribution is 2.27. The molecular formula is C20H16N2O. The summed E-state index contributed by atoms with van der Waals surface area (Å²) in [6, 6.07) is 18.3. The van der Waals surface area contributed by atoms with Crippen molar-refractivity contribution in [2.45, 2.75) is 0 Å². The van der Waals surface area contributed by atoms with Crippen molar-refractivity contribution in [2.75, 3.05) is 7.11 Å². The first-order valence-corrected chi connectivity index (χ1v) is 7.53. The molecule has 112 valence electrons. The third-order valence-electron chi connectivity index (χ3n) is 4.01. The molecule has 3 nitrogen and oxygen atoms in total. The molecule has 0 saturated carbocycles. The minimum absolute atomic E-state index is 0.859. The van der Waals surface area contributed by atoms with E-state index in [2.05, 4.69) is 40.3 Å². The van der Waals surface area contributed by atoms with E-state index < -0.39 is 0 Å². The number of para-hydroxylation sites is 1. The highest BCUT2D eigenvalue weighted by atomic mass is 16.5. The molecule has 0 fully saturated rings. The number of nitrogens with one attached hydrogen (secondary N) is 1. The average molecular weight is 300 g/mol. The van der Waals surface area contributed by atoms with E-state index in [-0.39, 0.29) is 0 Å². The van der Waals surface area contributed by atoms with Crippen LogP contribution in [0.3, 0.4) is 0 Å². The molecule has 0 aliphatic heterocycles. The molecular weight excluding hydrogens is 284 g/mol. The highest BCUT2D eigenvalue weighted by Gasteiger charge is 2.06. The molecule has 2 aromatic heterocycles. The van der Waals surface area contributed by atoms with Crippen molar-refractivity contribution in [1.82, 2.24) is 9.97 Å². The van der Waals surface area contributed by atoms with Crippen molar-refractivity contribution in [3.05, 3.63) is 72.1 Å². The quantitative estimate of drug-likeness (QED) is 0.584. The fraction of sp³-hybridized carbons (Fsp3) is 0.0500. The largest absolute Gasteiger partial charge is 0.497 e. The first-order valence-electron chi connectivity index (χ1n) is 7.53. The monoisotopic (exact) mass is 300 g/mol. The van der Waals surface area contributed by atoms with E-state index in [1.54, 1.807) is 7.11 Å². The number of H-pyrrole nitrogens is 1. The smallest absolute Gasteiger partial charge is 0.118 e. The molecule has 0 spiro atoms. The summed E-state index contributed by atoms with van der Waals surface area (Å²) in [6.07, 6.45) is 5.96. The summed E-state index contributed by atoms with van der Waals surface area (Å²) in [6.45, 7) is 0. The van der Waals surface area contributed by atoms with Crippen LogP contribution in [0.4, 0.5) is 0 Å². The topological polar surface area (TPSA) is 37.9 Å². The summed E-state index contributed by atoms with van der Waals surface area (Å²) in [7, 11) is 1.67. The van der Waals surface area contributed by atoms with Crippen molar-refractivity contribution >= 4 is 34.0 Å². The zero-order valence-electron chi connectivity index (χ0n) is 12.8. The van der Waals surface area contributed by atoms with Gasteiger partial charge in [-0.2, -0.15) is 0 Å². The Balaban J connectivity index is 1.77. The van der Waals surface area contributed by atoms with Gasteiger partial charge in [0.25, 0.3) is 0 Å². The summed E-state index contributed by atoms with van der Waals surface area (Å²) in [4.78, 5) is 7.98. The molecule has 0 aliphatic carbocycles. The van der Waals surface area contributed by atoms with Gasteiger partial charge in [0.05, 0.1) is 18.3 Å². The molecule has 0 amide bonds. The van der Waals surface area contributed by atoms with E-state index in [4.69, 9.17) is 4.74 Å². The van der Waals surface area contributed by atoms with Crippen molar-refractivity contribution in [1.29, 1.82) is 0 Å². The van der Waals surface area contributed by atoms with Crippen molar-refractivity contribution in [3.63, 3.8) is 0 Å². The molecule has 0 atom stereocenters. The Labute approximate surface area is 134 Å². The van der Waals surface area contributed by atoms with Gasteiger partial charge >= 0.3 is 0 Å². The number of hydrogen-bond acceptors (Lipinski definition) is 2. The minimum Gasteiger partial charge on any atom is -0.497 e. The maximum atomic E-state index is 5.18. The number of benzene rings is 2. The van der Waals surface area contributed by atoms with E-state index >= 15 is 0 Å².